The third kappa shape index (κ3) is 1.06. The Morgan fingerprint density at radius 3 is 1.50 bits per heavy atom. The second-order valence-electron chi connectivity index (χ2n) is 4.56. The van der Waals surface area contributed by atoms with Gasteiger partial charge in [0.25, 0.3) is 11.8 Å². The predicted octanol–water partition coefficient (Wildman–Crippen LogP) is 0.956. The third-order valence-corrected chi connectivity index (χ3v) is 3.56. The maximum atomic E-state index is 11.8. The van der Waals surface area contributed by atoms with Crippen LogP contribution in [0.4, 0.5) is 0 Å². The molecule has 0 radical (unpaired) electrons. The lowest BCUT2D eigenvalue weighted by Crippen LogP contribution is -2.20. The average molecular weight is 243 g/mol. The van der Waals surface area contributed by atoms with Crippen LogP contribution in [0.15, 0.2) is 0 Å². The molecular formula is C13H9NO4. The molecule has 1 heterocycles. The summed E-state index contributed by atoms with van der Waals surface area (Å²) in [6.45, 7) is 3.21. The van der Waals surface area contributed by atoms with Crippen molar-refractivity contribution in [3.63, 3.8) is 0 Å². The highest BCUT2D eigenvalue weighted by Gasteiger charge is 2.39. The Kier molecular flexibility index (Phi) is 1.88. The van der Waals surface area contributed by atoms with Gasteiger partial charge in [-0.15, -0.1) is 0 Å². The number of hydrogen-bond acceptors (Lipinski definition) is 4. The Labute approximate surface area is 102 Å². The lowest BCUT2D eigenvalue weighted by Gasteiger charge is -2.10. The zero-order chi connectivity index (χ0) is 13.2. The number of rotatable bonds is 0. The molecule has 1 aliphatic carbocycles. The van der Waals surface area contributed by atoms with Crippen molar-refractivity contribution in [2.75, 3.05) is 0 Å². The Balaban J connectivity index is 2.51. The van der Waals surface area contributed by atoms with Crippen molar-refractivity contribution in [1.82, 2.24) is 5.32 Å². The molecule has 0 spiro atoms. The Morgan fingerprint density at radius 1 is 0.722 bits per heavy atom. The number of carbonyl (C=O) groups excluding carboxylic acids is 4. The van der Waals surface area contributed by atoms with Crippen LogP contribution >= 0.6 is 0 Å². The summed E-state index contributed by atoms with van der Waals surface area (Å²) in [5.74, 6) is -1.54. The van der Waals surface area contributed by atoms with Gasteiger partial charge in [0.05, 0.1) is 17.5 Å². The van der Waals surface area contributed by atoms with E-state index in [1.807, 2.05) is 0 Å². The summed E-state index contributed by atoms with van der Waals surface area (Å²) in [6, 6.07) is 0. The van der Waals surface area contributed by atoms with Crippen LogP contribution in [0.1, 0.15) is 59.0 Å². The lowest BCUT2D eigenvalue weighted by molar-refractivity contribution is 0.0876. The van der Waals surface area contributed by atoms with Crippen molar-refractivity contribution in [1.29, 1.82) is 0 Å². The Bertz CT molecular complexity index is 573. The standard InChI is InChI=1S/C13H9NO4/c1-4-8-6(15)3-7(16)9(8)5(2)11-10(4)12(17)14-13(11)18/h3H2,1-2H3,(H,14,17,18). The fraction of sp³-hybridized carbons (Fsp3) is 0.231. The highest BCUT2D eigenvalue weighted by atomic mass is 16.2. The summed E-state index contributed by atoms with van der Waals surface area (Å²) >= 11 is 0. The van der Waals surface area contributed by atoms with Crippen LogP contribution in [0, 0.1) is 13.8 Å². The molecule has 3 rings (SSSR count). The van der Waals surface area contributed by atoms with E-state index in [4.69, 9.17) is 0 Å². The number of Topliss-reactive ketones (excluding diaryl/α,β-unsaturated/α-hetero) is 2. The van der Waals surface area contributed by atoms with E-state index in [9.17, 15) is 19.2 Å². The first-order chi connectivity index (χ1) is 8.43. The van der Waals surface area contributed by atoms with E-state index in [0.717, 1.165) is 0 Å². The Morgan fingerprint density at radius 2 is 1.11 bits per heavy atom. The second-order valence-corrected chi connectivity index (χ2v) is 4.56. The van der Waals surface area contributed by atoms with Gasteiger partial charge in [-0.05, 0) is 25.0 Å². The van der Waals surface area contributed by atoms with Crippen LogP contribution in [0.2, 0.25) is 0 Å². The smallest absolute Gasteiger partial charge is 0.259 e. The third-order valence-electron chi connectivity index (χ3n) is 3.56. The topological polar surface area (TPSA) is 80.3 Å². The number of hydrogen-bond donors (Lipinski definition) is 1. The molecule has 18 heavy (non-hydrogen) atoms. The number of benzene rings is 1. The molecule has 0 aromatic heterocycles. The Hall–Kier alpha value is -2.30. The van der Waals surface area contributed by atoms with Gasteiger partial charge in [-0.25, -0.2) is 0 Å². The molecule has 90 valence electrons. The number of nitrogens with one attached hydrogen (secondary N) is 1. The molecule has 1 aromatic carbocycles. The van der Waals surface area contributed by atoms with Crippen LogP contribution in [0.5, 0.6) is 0 Å². The van der Waals surface area contributed by atoms with Gasteiger partial charge in [-0.2, -0.15) is 0 Å². The summed E-state index contributed by atoms with van der Waals surface area (Å²) in [6.07, 6.45) is -0.171. The zero-order valence-corrected chi connectivity index (χ0v) is 9.84. The average Bonchev–Trinajstić information content (AvgIpc) is 2.73. The van der Waals surface area contributed by atoms with Gasteiger partial charge in [0, 0.05) is 11.1 Å². The molecule has 2 aliphatic rings. The SMILES string of the molecule is Cc1c2c(c(C)c3c1C(=O)NC3=O)C(=O)CC2=O. The summed E-state index contributed by atoms with van der Waals surface area (Å²) in [4.78, 5) is 47.0. The van der Waals surface area contributed by atoms with Crippen LogP contribution in [0.3, 0.4) is 0 Å². The molecule has 0 fully saturated rings. The summed E-state index contributed by atoms with van der Waals surface area (Å²) in [5.41, 5.74) is 1.95. The van der Waals surface area contributed by atoms with Crippen LogP contribution in [0.25, 0.3) is 0 Å². The van der Waals surface area contributed by atoms with Crippen molar-refractivity contribution >= 4 is 23.4 Å². The van der Waals surface area contributed by atoms with Crippen molar-refractivity contribution < 1.29 is 19.2 Å². The molecule has 2 amide bonds. The molecule has 0 saturated heterocycles. The van der Waals surface area contributed by atoms with Crippen molar-refractivity contribution in [2.24, 2.45) is 0 Å². The number of ketones is 2. The summed E-state index contributed by atoms with van der Waals surface area (Å²) in [5, 5.41) is 2.20. The van der Waals surface area contributed by atoms with Gasteiger partial charge in [0.2, 0.25) is 0 Å². The quantitative estimate of drug-likeness (QED) is 0.543. The van der Waals surface area contributed by atoms with E-state index in [2.05, 4.69) is 5.32 Å². The highest BCUT2D eigenvalue weighted by molar-refractivity contribution is 6.30. The minimum Gasteiger partial charge on any atom is -0.294 e. The van der Waals surface area contributed by atoms with E-state index in [1.54, 1.807) is 13.8 Å². The molecule has 1 N–H and O–H groups in total. The maximum absolute atomic E-state index is 11.8. The first-order valence-corrected chi connectivity index (χ1v) is 5.52. The van der Waals surface area contributed by atoms with Gasteiger partial charge in [-0.1, -0.05) is 0 Å². The van der Waals surface area contributed by atoms with Crippen molar-refractivity contribution in [3.8, 4) is 0 Å². The van der Waals surface area contributed by atoms with Crippen LogP contribution in [-0.2, 0) is 0 Å². The number of imide groups is 1. The molecule has 0 unspecified atom stereocenters. The zero-order valence-electron chi connectivity index (χ0n) is 9.84. The minimum absolute atomic E-state index is 0.171. The monoisotopic (exact) mass is 243 g/mol. The number of carbonyl (C=O) groups is 4. The van der Waals surface area contributed by atoms with Crippen molar-refractivity contribution in [3.05, 3.63) is 33.4 Å². The molecule has 1 aromatic rings. The number of fused-ring (bicyclic) bond motifs is 2. The summed E-state index contributed by atoms with van der Waals surface area (Å²) in [7, 11) is 0. The van der Waals surface area contributed by atoms with Crippen molar-refractivity contribution in [2.45, 2.75) is 20.3 Å². The molecule has 5 heteroatoms. The normalized spacial score (nSPS) is 17.0. The molecule has 5 nitrogen and oxygen atoms in total. The summed E-state index contributed by atoms with van der Waals surface area (Å²) < 4.78 is 0. The fourth-order valence-corrected chi connectivity index (χ4v) is 2.82. The number of amides is 2. The minimum atomic E-state index is -0.495. The first-order valence-electron chi connectivity index (χ1n) is 5.52. The van der Waals surface area contributed by atoms with E-state index in [0.29, 0.717) is 22.3 Å². The molecule has 0 bridgehead atoms. The van der Waals surface area contributed by atoms with E-state index in [-0.39, 0.29) is 29.1 Å². The molecule has 0 atom stereocenters. The van der Waals surface area contributed by atoms with Crippen LogP contribution in [-0.4, -0.2) is 23.4 Å². The molecule has 1 aliphatic heterocycles. The van der Waals surface area contributed by atoms with Gasteiger partial charge >= 0.3 is 0 Å². The highest BCUT2D eigenvalue weighted by Crippen LogP contribution is 2.35. The van der Waals surface area contributed by atoms with Gasteiger partial charge in [-0.3, -0.25) is 24.5 Å². The maximum Gasteiger partial charge on any atom is 0.259 e. The van der Waals surface area contributed by atoms with Gasteiger partial charge in [0.15, 0.2) is 11.6 Å². The van der Waals surface area contributed by atoms with E-state index < -0.39 is 11.8 Å². The lowest BCUT2D eigenvalue weighted by atomic mass is 9.89. The van der Waals surface area contributed by atoms with E-state index >= 15 is 0 Å². The van der Waals surface area contributed by atoms with Crippen LogP contribution < -0.4 is 5.32 Å². The second kappa shape index (κ2) is 3.13. The fourth-order valence-electron chi connectivity index (χ4n) is 2.82. The van der Waals surface area contributed by atoms with E-state index in [1.165, 1.54) is 0 Å². The molecule has 0 saturated carbocycles. The van der Waals surface area contributed by atoms with Gasteiger partial charge < -0.3 is 0 Å². The largest absolute Gasteiger partial charge is 0.294 e. The molecular weight excluding hydrogens is 234 g/mol. The predicted molar refractivity (Wildman–Crippen MR) is 61.0 cm³/mol. The first kappa shape index (κ1) is 10.8. The van der Waals surface area contributed by atoms with Gasteiger partial charge in [0.1, 0.15) is 0 Å².